The molecular weight excluding hydrogens is 314 g/mol. The largest absolute Gasteiger partial charge is 0.497 e. The molecule has 0 bridgehead atoms. The lowest BCUT2D eigenvalue weighted by molar-refractivity contribution is 0.0733. The normalized spacial score (nSPS) is 26.1. The number of furan rings is 1. The van der Waals surface area contributed by atoms with Crippen LogP contribution < -0.4 is 4.74 Å². The molecule has 0 radical (unpaired) electrons. The number of carbonyl (C=O) groups excluding carboxylic acids is 1. The molecule has 1 aromatic carbocycles. The topological polar surface area (TPSA) is 42.7 Å². The Morgan fingerprint density at radius 1 is 1.28 bits per heavy atom. The van der Waals surface area contributed by atoms with Crippen LogP contribution in [0.1, 0.15) is 48.0 Å². The molecule has 0 spiro atoms. The van der Waals surface area contributed by atoms with Crippen LogP contribution in [0.3, 0.4) is 0 Å². The highest BCUT2D eigenvalue weighted by Gasteiger charge is 2.46. The van der Waals surface area contributed by atoms with E-state index in [1.165, 1.54) is 24.8 Å². The number of fused-ring (bicyclic) bond motifs is 1. The molecule has 4 heteroatoms. The summed E-state index contributed by atoms with van der Waals surface area (Å²) in [5.41, 5.74) is 2.22. The average Bonchev–Trinajstić information content (AvgIpc) is 3.28. The van der Waals surface area contributed by atoms with E-state index in [1.807, 2.05) is 11.0 Å². The van der Waals surface area contributed by atoms with E-state index in [0.29, 0.717) is 11.5 Å². The lowest BCUT2D eigenvalue weighted by Crippen LogP contribution is -2.38. The maximum Gasteiger partial charge on any atom is 0.257 e. The molecule has 2 fully saturated rings. The van der Waals surface area contributed by atoms with Gasteiger partial charge in [-0.3, -0.25) is 4.79 Å². The number of hydrogen-bond acceptors (Lipinski definition) is 3. The highest BCUT2D eigenvalue weighted by Crippen LogP contribution is 2.51. The van der Waals surface area contributed by atoms with Gasteiger partial charge in [0.05, 0.1) is 18.9 Å². The van der Waals surface area contributed by atoms with Gasteiger partial charge in [0.2, 0.25) is 0 Å². The Labute approximate surface area is 148 Å². The Morgan fingerprint density at radius 3 is 2.96 bits per heavy atom. The molecule has 4 nitrogen and oxygen atoms in total. The molecule has 2 aromatic rings. The third kappa shape index (κ3) is 2.84. The van der Waals surface area contributed by atoms with Crippen LogP contribution >= 0.6 is 0 Å². The zero-order valence-electron chi connectivity index (χ0n) is 14.7. The second-order valence-corrected chi connectivity index (χ2v) is 7.34. The van der Waals surface area contributed by atoms with E-state index in [1.54, 1.807) is 25.7 Å². The molecule has 1 saturated carbocycles. The monoisotopic (exact) mass is 339 g/mol. The summed E-state index contributed by atoms with van der Waals surface area (Å²) >= 11 is 0. The molecule has 4 rings (SSSR count). The van der Waals surface area contributed by atoms with Gasteiger partial charge < -0.3 is 14.1 Å². The van der Waals surface area contributed by atoms with Crippen molar-refractivity contribution in [2.24, 2.45) is 5.92 Å². The van der Waals surface area contributed by atoms with Gasteiger partial charge >= 0.3 is 0 Å². The zero-order valence-corrected chi connectivity index (χ0v) is 14.7. The molecular formula is C21H25NO3. The van der Waals surface area contributed by atoms with E-state index in [0.717, 1.165) is 31.7 Å². The standard InChI is InChI=1S/C21H25NO3/c1-24-19-7-2-5-17(13-19)21-9-3-6-18(21)14-22(11-4-10-21)20(23)16-8-12-25-15-16/h2,5,7-8,12-13,15,18H,3-4,6,9-11,14H2,1H3. The van der Waals surface area contributed by atoms with Gasteiger partial charge in [0.25, 0.3) is 5.91 Å². The van der Waals surface area contributed by atoms with Gasteiger partial charge in [-0.1, -0.05) is 18.6 Å². The van der Waals surface area contributed by atoms with Gasteiger partial charge in [0, 0.05) is 18.5 Å². The summed E-state index contributed by atoms with van der Waals surface area (Å²) in [5, 5.41) is 0. The van der Waals surface area contributed by atoms with Gasteiger partial charge in [-0.15, -0.1) is 0 Å². The first kappa shape index (κ1) is 16.2. The SMILES string of the molecule is COc1cccc(C23CCCC2CN(C(=O)c2ccoc2)CCC3)c1. The molecule has 0 N–H and O–H groups in total. The van der Waals surface area contributed by atoms with E-state index in [-0.39, 0.29) is 11.3 Å². The lowest BCUT2D eigenvalue weighted by atomic mass is 9.69. The number of benzene rings is 1. The Bertz CT molecular complexity index is 739. The molecule has 1 aliphatic heterocycles. The summed E-state index contributed by atoms with van der Waals surface area (Å²) in [7, 11) is 1.72. The van der Waals surface area contributed by atoms with Gasteiger partial charge in [-0.25, -0.2) is 0 Å². The van der Waals surface area contributed by atoms with Crippen molar-refractivity contribution in [2.75, 3.05) is 20.2 Å². The molecule has 2 aliphatic rings. The maximum atomic E-state index is 12.8. The average molecular weight is 339 g/mol. The van der Waals surface area contributed by atoms with Crippen molar-refractivity contribution in [3.05, 3.63) is 54.0 Å². The molecule has 25 heavy (non-hydrogen) atoms. The van der Waals surface area contributed by atoms with Crippen LogP contribution in [0, 0.1) is 5.92 Å². The van der Waals surface area contributed by atoms with Crippen molar-refractivity contribution in [3.63, 3.8) is 0 Å². The quantitative estimate of drug-likeness (QED) is 0.839. The Kier molecular flexibility index (Phi) is 4.28. The number of nitrogens with zero attached hydrogens (tertiary/aromatic N) is 1. The van der Waals surface area contributed by atoms with Crippen LogP contribution in [-0.2, 0) is 5.41 Å². The fourth-order valence-corrected chi connectivity index (χ4v) is 4.89. The van der Waals surface area contributed by atoms with E-state index >= 15 is 0 Å². The van der Waals surface area contributed by atoms with Gasteiger partial charge in [0.1, 0.15) is 12.0 Å². The third-order valence-corrected chi connectivity index (χ3v) is 6.15. The van der Waals surface area contributed by atoms with Crippen molar-refractivity contribution in [1.82, 2.24) is 4.90 Å². The third-order valence-electron chi connectivity index (χ3n) is 6.15. The molecule has 2 heterocycles. The van der Waals surface area contributed by atoms with Crippen molar-refractivity contribution < 1.29 is 13.9 Å². The molecule has 1 aliphatic carbocycles. The molecule has 1 saturated heterocycles. The Balaban J connectivity index is 1.63. The minimum absolute atomic E-state index is 0.0992. The number of amides is 1. The van der Waals surface area contributed by atoms with Gasteiger partial charge in [-0.05, 0) is 55.4 Å². The predicted molar refractivity (Wildman–Crippen MR) is 95.9 cm³/mol. The minimum Gasteiger partial charge on any atom is -0.497 e. The van der Waals surface area contributed by atoms with Crippen LogP contribution in [0.25, 0.3) is 0 Å². The van der Waals surface area contributed by atoms with Crippen molar-refractivity contribution >= 4 is 5.91 Å². The summed E-state index contributed by atoms with van der Waals surface area (Å²) in [4.78, 5) is 14.8. The fourth-order valence-electron chi connectivity index (χ4n) is 4.89. The molecule has 2 atom stereocenters. The highest BCUT2D eigenvalue weighted by atomic mass is 16.5. The lowest BCUT2D eigenvalue weighted by Gasteiger charge is -2.36. The number of rotatable bonds is 3. The van der Waals surface area contributed by atoms with Gasteiger partial charge in [-0.2, -0.15) is 0 Å². The van der Waals surface area contributed by atoms with Crippen LogP contribution in [0.4, 0.5) is 0 Å². The highest BCUT2D eigenvalue weighted by molar-refractivity contribution is 5.93. The first-order chi connectivity index (χ1) is 12.2. The summed E-state index contributed by atoms with van der Waals surface area (Å²) in [6.45, 7) is 1.66. The summed E-state index contributed by atoms with van der Waals surface area (Å²) in [5.74, 6) is 1.54. The Hall–Kier alpha value is -2.23. The van der Waals surface area contributed by atoms with Crippen LogP contribution in [0.15, 0.2) is 47.3 Å². The first-order valence-corrected chi connectivity index (χ1v) is 9.19. The fraction of sp³-hybridized carbons (Fsp3) is 0.476. The van der Waals surface area contributed by atoms with Crippen LogP contribution in [0.2, 0.25) is 0 Å². The van der Waals surface area contributed by atoms with Crippen molar-refractivity contribution in [3.8, 4) is 5.75 Å². The van der Waals surface area contributed by atoms with E-state index < -0.39 is 0 Å². The minimum atomic E-state index is 0.0992. The smallest absolute Gasteiger partial charge is 0.257 e. The van der Waals surface area contributed by atoms with E-state index in [2.05, 4.69) is 18.2 Å². The van der Waals surface area contributed by atoms with E-state index in [9.17, 15) is 4.79 Å². The second kappa shape index (κ2) is 6.58. The zero-order chi connectivity index (χ0) is 17.3. The van der Waals surface area contributed by atoms with E-state index in [4.69, 9.17) is 9.15 Å². The Morgan fingerprint density at radius 2 is 2.16 bits per heavy atom. The molecule has 1 aromatic heterocycles. The number of ether oxygens (including phenoxy) is 1. The summed E-state index contributed by atoms with van der Waals surface area (Å²) in [6, 6.07) is 10.3. The molecule has 1 amide bonds. The number of methoxy groups -OCH3 is 1. The number of likely N-dealkylation sites (tertiary alicyclic amines) is 1. The number of hydrogen-bond donors (Lipinski definition) is 0. The predicted octanol–water partition coefficient (Wildman–Crippen LogP) is 4.26. The molecule has 132 valence electrons. The first-order valence-electron chi connectivity index (χ1n) is 9.19. The second-order valence-electron chi connectivity index (χ2n) is 7.34. The van der Waals surface area contributed by atoms with Gasteiger partial charge in [0.15, 0.2) is 0 Å². The van der Waals surface area contributed by atoms with Crippen LogP contribution in [-0.4, -0.2) is 31.0 Å². The number of carbonyl (C=O) groups is 1. The van der Waals surface area contributed by atoms with Crippen LogP contribution in [0.5, 0.6) is 5.75 Å². The summed E-state index contributed by atoms with van der Waals surface area (Å²) < 4.78 is 10.6. The molecule has 2 unspecified atom stereocenters. The maximum absolute atomic E-state index is 12.8. The van der Waals surface area contributed by atoms with Crippen molar-refractivity contribution in [1.29, 1.82) is 0 Å². The van der Waals surface area contributed by atoms with Crippen molar-refractivity contribution in [2.45, 2.75) is 37.5 Å². The summed E-state index contributed by atoms with van der Waals surface area (Å²) in [6.07, 6.45) is 8.93.